The summed E-state index contributed by atoms with van der Waals surface area (Å²) >= 11 is 0. The molecule has 142 valence electrons. The number of nitrogens with two attached hydrogens (primary N) is 1. The lowest BCUT2D eigenvalue weighted by atomic mass is 9.94. The van der Waals surface area contributed by atoms with Gasteiger partial charge in [0.05, 0.1) is 17.5 Å². The van der Waals surface area contributed by atoms with Crippen molar-refractivity contribution < 1.29 is 18.0 Å². The summed E-state index contributed by atoms with van der Waals surface area (Å²) in [7, 11) is 0. The molecule has 3 unspecified atom stereocenters. The number of carbonyl (C=O) groups excluding carboxylic acids is 1. The van der Waals surface area contributed by atoms with Gasteiger partial charge in [-0.1, -0.05) is 49.4 Å². The van der Waals surface area contributed by atoms with Crippen LogP contribution in [0.1, 0.15) is 42.6 Å². The van der Waals surface area contributed by atoms with Crippen LogP contribution in [-0.2, 0) is 11.0 Å². The van der Waals surface area contributed by atoms with Gasteiger partial charge in [0.2, 0.25) is 5.91 Å². The molecule has 2 rings (SSSR count). The first-order valence-electron chi connectivity index (χ1n) is 7.98. The summed E-state index contributed by atoms with van der Waals surface area (Å²) in [5.41, 5.74) is 6.61. The van der Waals surface area contributed by atoms with Gasteiger partial charge in [-0.25, -0.2) is 0 Å². The zero-order valence-corrected chi connectivity index (χ0v) is 15.3. The molecule has 7 heteroatoms. The zero-order valence-electron chi connectivity index (χ0n) is 14.5. The van der Waals surface area contributed by atoms with E-state index >= 15 is 0 Å². The maximum atomic E-state index is 12.8. The summed E-state index contributed by atoms with van der Waals surface area (Å²) in [6, 6.07) is 13.1. The largest absolute Gasteiger partial charge is 0.416 e. The molecule has 0 saturated carbocycles. The molecule has 26 heavy (non-hydrogen) atoms. The van der Waals surface area contributed by atoms with Crippen molar-refractivity contribution in [3.05, 3.63) is 71.3 Å². The van der Waals surface area contributed by atoms with Gasteiger partial charge in [-0.3, -0.25) is 4.79 Å². The quantitative estimate of drug-likeness (QED) is 0.786. The van der Waals surface area contributed by atoms with Crippen LogP contribution in [0.4, 0.5) is 13.2 Å². The van der Waals surface area contributed by atoms with E-state index in [9.17, 15) is 18.0 Å². The van der Waals surface area contributed by atoms with Crippen molar-refractivity contribution >= 4 is 18.3 Å². The summed E-state index contributed by atoms with van der Waals surface area (Å²) in [4.78, 5) is 12.4. The van der Waals surface area contributed by atoms with Gasteiger partial charge in [-0.05, 0) is 30.2 Å². The summed E-state index contributed by atoms with van der Waals surface area (Å²) in [5.74, 6) is -0.822. The summed E-state index contributed by atoms with van der Waals surface area (Å²) < 4.78 is 38.4. The van der Waals surface area contributed by atoms with Gasteiger partial charge in [0.25, 0.3) is 0 Å². The van der Waals surface area contributed by atoms with Crippen LogP contribution in [0.3, 0.4) is 0 Å². The van der Waals surface area contributed by atoms with Crippen molar-refractivity contribution in [3.8, 4) is 0 Å². The molecule has 0 aliphatic carbocycles. The van der Waals surface area contributed by atoms with Gasteiger partial charge >= 0.3 is 6.18 Å². The van der Waals surface area contributed by atoms with E-state index in [0.717, 1.165) is 17.7 Å². The van der Waals surface area contributed by atoms with Crippen LogP contribution in [0.25, 0.3) is 0 Å². The molecule has 0 spiro atoms. The van der Waals surface area contributed by atoms with Gasteiger partial charge in [-0.15, -0.1) is 12.4 Å². The number of amides is 1. The maximum Gasteiger partial charge on any atom is 0.416 e. The number of hydrogen-bond acceptors (Lipinski definition) is 2. The van der Waals surface area contributed by atoms with Crippen LogP contribution in [-0.4, -0.2) is 5.91 Å². The Bertz CT molecular complexity index is 722. The zero-order chi connectivity index (χ0) is 18.6. The monoisotopic (exact) mass is 386 g/mol. The van der Waals surface area contributed by atoms with Crippen LogP contribution >= 0.6 is 12.4 Å². The average Bonchev–Trinajstić information content (AvgIpc) is 2.60. The molecule has 2 aromatic carbocycles. The average molecular weight is 387 g/mol. The Balaban J connectivity index is 0.00000338. The summed E-state index contributed by atoms with van der Waals surface area (Å²) in [6.07, 6.45) is -4.41. The molecule has 1 amide bonds. The molecule has 0 aliphatic heterocycles. The minimum atomic E-state index is -4.41. The molecular formula is C19H22ClF3N2O. The number of halogens is 4. The molecular weight excluding hydrogens is 365 g/mol. The van der Waals surface area contributed by atoms with E-state index in [1.54, 1.807) is 19.9 Å². The second kappa shape index (κ2) is 9.05. The summed E-state index contributed by atoms with van der Waals surface area (Å²) in [5, 5.41) is 2.74. The molecule has 0 heterocycles. The molecule has 3 atom stereocenters. The van der Waals surface area contributed by atoms with E-state index in [4.69, 9.17) is 5.73 Å². The molecule has 0 saturated heterocycles. The Morgan fingerprint density at radius 1 is 1.00 bits per heavy atom. The van der Waals surface area contributed by atoms with Gasteiger partial charge in [-0.2, -0.15) is 13.2 Å². The molecule has 0 bridgehead atoms. The minimum absolute atomic E-state index is 0. The predicted molar refractivity (Wildman–Crippen MR) is 97.8 cm³/mol. The fourth-order valence-corrected chi connectivity index (χ4v) is 2.54. The van der Waals surface area contributed by atoms with Crippen LogP contribution in [0.2, 0.25) is 0 Å². The molecule has 3 nitrogen and oxygen atoms in total. The third-order valence-corrected chi connectivity index (χ3v) is 4.21. The normalized spacial score (nSPS) is 14.7. The molecule has 2 aromatic rings. The van der Waals surface area contributed by atoms with Crippen LogP contribution in [0.15, 0.2) is 54.6 Å². The number of alkyl halides is 3. The van der Waals surface area contributed by atoms with Crippen LogP contribution < -0.4 is 11.1 Å². The highest BCUT2D eigenvalue weighted by atomic mass is 35.5. The fraction of sp³-hybridized carbons (Fsp3) is 0.316. The van der Waals surface area contributed by atoms with E-state index in [0.29, 0.717) is 5.56 Å². The minimum Gasteiger partial charge on any atom is -0.349 e. The van der Waals surface area contributed by atoms with Crippen molar-refractivity contribution in [1.82, 2.24) is 5.32 Å². The lowest BCUT2D eigenvalue weighted by molar-refractivity contribution is -0.137. The third kappa shape index (κ3) is 5.47. The highest BCUT2D eigenvalue weighted by Gasteiger charge is 2.31. The number of rotatable bonds is 5. The van der Waals surface area contributed by atoms with Gasteiger partial charge in [0.1, 0.15) is 0 Å². The second-order valence-corrected chi connectivity index (χ2v) is 6.08. The number of benzene rings is 2. The Morgan fingerprint density at radius 3 is 2.15 bits per heavy atom. The molecule has 0 fully saturated rings. The lowest BCUT2D eigenvalue weighted by Crippen LogP contribution is -2.37. The van der Waals surface area contributed by atoms with Crippen molar-refractivity contribution in [2.75, 3.05) is 0 Å². The highest BCUT2D eigenvalue weighted by molar-refractivity contribution is 5.85. The SMILES string of the molecule is CC(NC(=O)C(C)C(N)c1ccccc1)c1cccc(C(F)(F)F)c1.Cl. The Morgan fingerprint density at radius 2 is 1.58 bits per heavy atom. The van der Waals surface area contributed by atoms with Gasteiger partial charge in [0, 0.05) is 6.04 Å². The molecule has 0 radical (unpaired) electrons. The standard InChI is InChI=1S/C19H21F3N2O.ClH/c1-12(17(23)14-7-4-3-5-8-14)18(25)24-13(2)15-9-6-10-16(11-15)19(20,21)22;/h3-13,17H,23H2,1-2H3,(H,24,25);1H. The van der Waals surface area contributed by atoms with Gasteiger partial charge in [0.15, 0.2) is 0 Å². The van der Waals surface area contributed by atoms with Crippen LogP contribution in [0.5, 0.6) is 0 Å². The third-order valence-electron chi connectivity index (χ3n) is 4.21. The highest BCUT2D eigenvalue weighted by Crippen LogP contribution is 2.31. The molecule has 0 aromatic heterocycles. The Labute approximate surface area is 157 Å². The molecule has 3 N–H and O–H groups in total. The fourth-order valence-electron chi connectivity index (χ4n) is 2.54. The van der Waals surface area contributed by atoms with Crippen molar-refractivity contribution in [2.24, 2.45) is 11.7 Å². The predicted octanol–water partition coefficient (Wildman–Crippen LogP) is 4.64. The van der Waals surface area contributed by atoms with Crippen molar-refractivity contribution in [1.29, 1.82) is 0 Å². The van der Waals surface area contributed by atoms with Crippen LogP contribution in [0, 0.1) is 5.92 Å². The van der Waals surface area contributed by atoms with E-state index in [2.05, 4.69) is 5.32 Å². The van der Waals surface area contributed by atoms with E-state index in [1.165, 1.54) is 6.07 Å². The Hall–Kier alpha value is -2.05. The van der Waals surface area contributed by atoms with Crippen molar-refractivity contribution in [2.45, 2.75) is 32.1 Å². The first-order valence-corrected chi connectivity index (χ1v) is 7.98. The number of carbonyl (C=O) groups is 1. The van der Waals surface area contributed by atoms with E-state index < -0.39 is 29.7 Å². The number of nitrogens with one attached hydrogen (secondary N) is 1. The van der Waals surface area contributed by atoms with E-state index in [1.807, 2.05) is 30.3 Å². The Kier molecular flexibility index (Phi) is 7.66. The number of hydrogen-bond donors (Lipinski definition) is 2. The van der Waals surface area contributed by atoms with E-state index in [-0.39, 0.29) is 18.3 Å². The maximum absolute atomic E-state index is 12.8. The topological polar surface area (TPSA) is 55.1 Å². The first kappa shape index (κ1) is 22.0. The second-order valence-electron chi connectivity index (χ2n) is 6.08. The van der Waals surface area contributed by atoms with Crippen molar-refractivity contribution in [3.63, 3.8) is 0 Å². The van der Waals surface area contributed by atoms with Gasteiger partial charge < -0.3 is 11.1 Å². The summed E-state index contributed by atoms with van der Waals surface area (Å²) in [6.45, 7) is 3.35. The molecule has 0 aliphatic rings. The first-order chi connectivity index (χ1) is 11.7. The smallest absolute Gasteiger partial charge is 0.349 e. The lowest BCUT2D eigenvalue weighted by Gasteiger charge is -2.23.